The molecule has 0 saturated carbocycles. The fourth-order valence-corrected chi connectivity index (χ4v) is 1.77. The maximum Gasteiger partial charge on any atom is 0.418 e. The van der Waals surface area contributed by atoms with E-state index in [0.717, 1.165) is 12.1 Å². The SMILES string of the molecule is O=[N+]([O-])c1ccc(NCCn2ccnc2)c(C(F)(F)F)c1. The fourth-order valence-electron chi connectivity index (χ4n) is 1.77. The van der Waals surface area contributed by atoms with Crippen LogP contribution in [0.1, 0.15) is 5.56 Å². The van der Waals surface area contributed by atoms with Crippen LogP contribution >= 0.6 is 0 Å². The van der Waals surface area contributed by atoms with Crippen LogP contribution in [0.5, 0.6) is 0 Å². The minimum atomic E-state index is -4.66. The first kappa shape index (κ1) is 14.8. The highest BCUT2D eigenvalue weighted by Gasteiger charge is 2.35. The maximum absolute atomic E-state index is 12.9. The normalized spacial score (nSPS) is 11.4. The average molecular weight is 300 g/mol. The number of nitro groups is 1. The van der Waals surface area contributed by atoms with Gasteiger partial charge in [-0.25, -0.2) is 4.98 Å². The number of nitrogens with one attached hydrogen (secondary N) is 1. The first-order chi connectivity index (χ1) is 9.88. The lowest BCUT2D eigenvalue weighted by molar-refractivity contribution is -0.385. The van der Waals surface area contributed by atoms with E-state index in [0.29, 0.717) is 12.6 Å². The molecule has 0 amide bonds. The summed E-state index contributed by atoms with van der Waals surface area (Å²) in [5.41, 5.74) is -1.84. The topological polar surface area (TPSA) is 73.0 Å². The lowest BCUT2D eigenvalue weighted by atomic mass is 10.1. The Morgan fingerprint density at radius 1 is 1.38 bits per heavy atom. The van der Waals surface area contributed by atoms with Crippen molar-refractivity contribution in [3.63, 3.8) is 0 Å². The molecule has 0 spiro atoms. The average Bonchev–Trinajstić information content (AvgIpc) is 2.90. The molecule has 0 radical (unpaired) electrons. The third-order valence-electron chi connectivity index (χ3n) is 2.76. The van der Waals surface area contributed by atoms with Crippen molar-refractivity contribution in [2.75, 3.05) is 11.9 Å². The third-order valence-corrected chi connectivity index (χ3v) is 2.76. The van der Waals surface area contributed by atoms with Gasteiger partial charge in [0.15, 0.2) is 0 Å². The number of hydrogen-bond acceptors (Lipinski definition) is 4. The van der Waals surface area contributed by atoms with Crippen molar-refractivity contribution in [2.24, 2.45) is 0 Å². The van der Waals surface area contributed by atoms with Gasteiger partial charge in [-0.1, -0.05) is 0 Å². The van der Waals surface area contributed by atoms with Crippen molar-refractivity contribution in [3.8, 4) is 0 Å². The molecule has 0 aliphatic rings. The Morgan fingerprint density at radius 2 is 2.14 bits per heavy atom. The van der Waals surface area contributed by atoms with Gasteiger partial charge < -0.3 is 9.88 Å². The number of alkyl halides is 3. The van der Waals surface area contributed by atoms with Gasteiger partial charge in [0.2, 0.25) is 0 Å². The smallest absolute Gasteiger partial charge is 0.383 e. The van der Waals surface area contributed by atoms with E-state index in [-0.39, 0.29) is 12.2 Å². The number of anilines is 1. The molecule has 0 unspecified atom stereocenters. The molecule has 0 fully saturated rings. The van der Waals surface area contributed by atoms with Gasteiger partial charge in [-0.3, -0.25) is 10.1 Å². The van der Waals surface area contributed by atoms with Crippen molar-refractivity contribution in [2.45, 2.75) is 12.7 Å². The molecule has 1 aromatic carbocycles. The van der Waals surface area contributed by atoms with Gasteiger partial charge in [-0.15, -0.1) is 0 Å². The largest absolute Gasteiger partial charge is 0.418 e. The molecule has 6 nitrogen and oxygen atoms in total. The van der Waals surface area contributed by atoms with Crippen molar-refractivity contribution in [1.82, 2.24) is 9.55 Å². The number of rotatable bonds is 5. The van der Waals surface area contributed by atoms with Crippen molar-refractivity contribution in [1.29, 1.82) is 0 Å². The Balaban J connectivity index is 2.16. The van der Waals surface area contributed by atoms with E-state index < -0.39 is 22.4 Å². The van der Waals surface area contributed by atoms with Gasteiger partial charge in [0.05, 0.1) is 16.8 Å². The summed E-state index contributed by atoms with van der Waals surface area (Å²) in [7, 11) is 0. The lowest BCUT2D eigenvalue weighted by Crippen LogP contribution is -2.14. The van der Waals surface area contributed by atoms with Gasteiger partial charge in [-0.2, -0.15) is 13.2 Å². The van der Waals surface area contributed by atoms with Crippen LogP contribution in [-0.4, -0.2) is 21.0 Å². The summed E-state index contributed by atoms with van der Waals surface area (Å²) in [6, 6.07) is 2.63. The summed E-state index contributed by atoms with van der Waals surface area (Å²) in [4.78, 5) is 13.5. The molecule has 1 heterocycles. The van der Waals surface area contributed by atoms with E-state index in [9.17, 15) is 23.3 Å². The molecule has 1 N–H and O–H groups in total. The summed E-state index contributed by atoms with van der Waals surface area (Å²) in [5.74, 6) is 0. The van der Waals surface area contributed by atoms with E-state index in [2.05, 4.69) is 10.3 Å². The molecular formula is C12H11F3N4O2. The molecule has 0 bridgehead atoms. The molecule has 0 atom stereocenters. The predicted octanol–water partition coefficient (Wildman–Crippen LogP) is 2.92. The van der Waals surface area contributed by atoms with Gasteiger partial charge >= 0.3 is 6.18 Å². The second-order valence-electron chi connectivity index (χ2n) is 4.21. The van der Waals surface area contributed by atoms with Crippen LogP contribution in [0.3, 0.4) is 0 Å². The van der Waals surface area contributed by atoms with Crippen molar-refractivity contribution < 1.29 is 18.1 Å². The van der Waals surface area contributed by atoms with Crippen LogP contribution in [0.15, 0.2) is 36.9 Å². The van der Waals surface area contributed by atoms with Crippen molar-refractivity contribution >= 4 is 11.4 Å². The van der Waals surface area contributed by atoms with Gasteiger partial charge in [0, 0.05) is 43.3 Å². The number of benzene rings is 1. The van der Waals surface area contributed by atoms with Gasteiger partial charge in [0.1, 0.15) is 0 Å². The number of nitro benzene ring substituents is 1. The molecule has 2 rings (SSSR count). The highest BCUT2D eigenvalue weighted by Crippen LogP contribution is 2.36. The second kappa shape index (κ2) is 5.81. The number of aromatic nitrogens is 2. The first-order valence-electron chi connectivity index (χ1n) is 5.93. The quantitative estimate of drug-likeness (QED) is 0.680. The summed E-state index contributed by atoms with van der Waals surface area (Å²) in [5, 5.41) is 13.2. The zero-order valence-corrected chi connectivity index (χ0v) is 10.7. The van der Waals surface area contributed by atoms with Crippen LogP contribution in [0.2, 0.25) is 0 Å². The van der Waals surface area contributed by atoms with Crippen molar-refractivity contribution in [3.05, 3.63) is 52.6 Å². The number of halogens is 3. The van der Waals surface area contributed by atoms with Crippen LogP contribution in [-0.2, 0) is 12.7 Å². The Hall–Kier alpha value is -2.58. The minimum Gasteiger partial charge on any atom is -0.383 e. The summed E-state index contributed by atoms with van der Waals surface area (Å²) < 4.78 is 40.4. The molecule has 0 aliphatic heterocycles. The number of hydrogen-bond donors (Lipinski definition) is 1. The second-order valence-corrected chi connectivity index (χ2v) is 4.21. The fraction of sp³-hybridized carbons (Fsp3) is 0.250. The maximum atomic E-state index is 12.9. The lowest BCUT2D eigenvalue weighted by Gasteiger charge is -2.14. The van der Waals surface area contributed by atoms with Crippen LogP contribution < -0.4 is 5.32 Å². The van der Waals surface area contributed by atoms with Crippen LogP contribution in [0.25, 0.3) is 0 Å². The van der Waals surface area contributed by atoms with E-state index >= 15 is 0 Å². The molecular weight excluding hydrogens is 289 g/mol. The van der Waals surface area contributed by atoms with E-state index in [4.69, 9.17) is 0 Å². The molecule has 21 heavy (non-hydrogen) atoms. The number of nitrogens with zero attached hydrogens (tertiary/aromatic N) is 3. The first-order valence-corrected chi connectivity index (χ1v) is 5.93. The van der Waals surface area contributed by atoms with Gasteiger partial charge in [-0.05, 0) is 6.07 Å². The Bertz CT molecular complexity index is 626. The Labute approximate surface area is 117 Å². The molecule has 2 aromatic rings. The van der Waals surface area contributed by atoms with E-state index in [1.165, 1.54) is 0 Å². The molecule has 112 valence electrons. The zero-order valence-electron chi connectivity index (χ0n) is 10.7. The third kappa shape index (κ3) is 3.71. The molecule has 0 aliphatic carbocycles. The van der Waals surface area contributed by atoms with Crippen LogP contribution in [0, 0.1) is 10.1 Å². The minimum absolute atomic E-state index is 0.187. The molecule has 9 heteroatoms. The van der Waals surface area contributed by atoms with E-state index in [1.807, 2.05) is 0 Å². The Morgan fingerprint density at radius 3 is 2.71 bits per heavy atom. The highest BCUT2D eigenvalue weighted by atomic mass is 19.4. The predicted molar refractivity (Wildman–Crippen MR) is 68.8 cm³/mol. The molecule has 1 aromatic heterocycles. The standard InChI is InChI=1S/C12H11F3N4O2/c13-12(14,15)10-7-9(19(20)21)1-2-11(10)17-4-6-18-5-3-16-8-18/h1-3,5,7-8,17H,4,6H2. The summed E-state index contributed by atoms with van der Waals surface area (Å²) >= 11 is 0. The summed E-state index contributed by atoms with van der Waals surface area (Å²) in [6.45, 7) is 0.658. The summed E-state index contributed by atoms with van der Waals surface area (Å²) in [6.07, 6.45) is 0.126. The van der Waals surface area contributed by atoms with E-state index in [1.54, 1.807) is 23.3 Å². The molecule has 0 saturated heterocycles. The number of non-ortho nitro benzene ring substituents is 1. The zero-order chi connectivity index (χ0) is 15.5. The van der Waals surface area contributed by atoms with Crippen LogP contribution in [0.4, 0.5) is 24.5 Å². The highest BCUT2D eigenvalue weighted by molar-refractivity contribution is 5.57. The Kier molecular flexibility index (Phi) is 4.10. The van der Waals surface area contributed by atoms with Gasteiger partial charge in [0.25, 0.3) is 5.69 Å². The monoisotopic (exact) mass is 300 g/mol. The number of imidazole rings is 1.